The van der Waals surface area contributed by atoms with Gasteiger partial charge in [0, 0.05) is 12.6 Å². The van der Waals surface area contributed by atoms with Crippen LogP contribution in [0.5, 0.6) is 0 Å². The van der Waals surface area contributed by atoms with Crippen LogP contribution >= 0.6 is 7.59 Å². The fraction of sp³-hybridized carbons (Fsp3) is 0.500. The highest BCUT2D eigenvalue weighted by molar-refractivity contribution is 7.56. The number of hydrogen-bond acceptors (Lipinski definition) is 1. The molecule has 0 amide bonds. The second-order valence-electron chi connectivity index (χ2n) is 5.86. The maximum absolute atomic E-state index is 13.6. The lowest BCUT2D eigenvalue weighted by atomic mass is 9.92. The van der Waals surface area contributed by atoms with E-state index in [1.807, 2.05) is 43.6 Å². The third-order valence-corrected chi connectivity index (χ3v) is 7.38. The molecule has 116 valence electrons. The first kappa shape index (κ1) is 16.4. The summed E-state index contributed by atoms with van der Waals surface area (Å²) in [6, 6.07) is 8.61. The maximum Gasteiger partial charge on any atom is 0.286 e. The van der Waals surface area contributed by atoms with Gasteiger partial charge < -0.3 is 0 Å². The van der Waals surface area contributed by atoms with E-state index in [1.54, 1.807) is 0 Å². The van der Waals surface area contributed by atoms with Crippen molar-refractivity contribution in [3.8, 4) is 0 Å². The highest BCUT2D eigenvalue weighted by Crippen LogP contribution is 2.58. The predicted octanol–water partition coefficient (Wildman–Crippen LogP) is 3.39. The summed E-state index contributed by atoms with van der Waals surface area (Å²) in [6.07, 6.45) is 3.67. The van der Waals surface area contributed by atoms with Crippen molar-refractivity contribution >= 4 is 7.59 Å². The average Bonchev–Trinajstić information content (AvgIpc) is 2.46. The first-order chi connectivity index (χ1) is 9.92. The Morgan fingerprint density at radius 3 is 2.48 bits per heavy atom. The van der Waals surface area contributed by atoms with Gasteiger partial charge in [0.25, 0.3) is 7.59 Å². The number of hydrogen-bond donors (Lipinski definition) is 0. The zero-order valence-electron chi connectivity index (χ0n) is 13.5. The Hall–Kier alpha value is -0.930. The summed E-state index contributed by atoms with van der Waals surface area (Å²) in [7, 11) is 4.85. The average molecular weight is 307 g/mol. The van der Waals surface area contributed by atoms with Gasteiger partial charge in [-0.1, -0.05) is 30.3 Å². The van der Waals surface area contributed by atoms with Gasteiger partial charge in [0.2, 0.25) is 0 Å². The molecule has 0 bridgehead atoms. The summed E-state index contributed by atoms with van der Waals surface area (Å²) < 4.78 is 19.5. The topological polar surface area (TPSA) is 26.8 Å². The monoisotopic (exact) mass is 307 g/mol. The molecule has 0 aliphatic carbocycles. The van der Waals surface area contributed by atoms with E-state index in [9.17, 15) is 4.57 Å². The van der Waals surface area contributed by atoms with Crippen molar-refractivity contribution < 1.29 is 4.57 Å². The standard InChI is InChI=1S/C16H26N3OP/c1-6-9-16-15-11-8-7-10-14(15)12-13-19(16)21(20,17(2)3)18(4)5/h6-8,10-11,16H,1,9,12-13H2,2-5H3. The molecule has 0 saturated heterocycles. The number of benzene rings is 1. The lowest BCUT2D eigenvalue weighted by Gasteiger charge is -2.46. The summed E-state index contributed by atoms with van der Waals surface area (Å²) in [6.45, 7) is 4.70. The fourth-order valence-corrected chi connectivity index (χ4v) is 5.75. The van der Waals surface area contributed by atoms with Crippen LogP contribution < -0.4 is 0 Å². The normalized spacial score (nSPS) is 19.8. The van der Waals surface area contributed by atoms with Crippen molar-refractivity contribution in [2.24, 2.45) is 0 Å². The molecule has 1 aromatic carbocycles. The number of fused-ring (bicyclic) bond motifs is 1. The Balaban J connectivity index is 2.49. The van der Waals surface area contributed by atoms with Gasteiger partial charge in [-0.2, -0.15) is 0 Å². The SMILES string of the molecule is C=CCC1c2ccccc2CCN1P(=O)(N(C)C)N(C)C. The third kappa shape index (κ3) is 2.86. The van der Waals surface area contributed by atoms with Crippen LogP contribution in [0.15, 0.2) is 36.9 Å². The van der Waals surface area contributed by atoms with Crippen LogP contribution in [-0.2, 0) is 11.0 Å². The van der Waals surface area contributed by atoms with Crippen molar-refractivity contribution in [3.63, 3.8) is 0 Å². The van der Waals surface area contributed by atoms with Crippen LogP contribution in [-0.4, -0.2) is 48.7 Å². The van der Waals surface area contributed by atoms with Crippen LogP contribution in [0.2, 0.25) is 0 Å². The minimum absolute atomic E-state index is 0.128. The van der Waals surface area contributed by atoms with Crippen LogP contribution in [0.3, 0.4) is 0 Å². The zero-order valence-corrected chi connectivity index (χ0v) is 14.4. The molecule has 0 fully saturated rings. The first-order valence-electron chi connectivity index (χ1n) is 7.34. The molecule has 1 atom stereocenters. The van der Waals surface area contributed by atoms with E-state index in [-0.39, 0.29) is 6.04 Å². The highest BCUT2D eigenvalue weighted by atomic mass is 31.2. The minimum Gasteiger partial charge on any atom is -0.270 e. The van der Waals surface area contributed by atoms with Gasteiger partial charge in [-0.05, 0) is 52.2 Å². The summed E-state index contributed by atoms with van der Waals surface area (Å²) in [5.74, 6) is 0. The van der Waals surface area contributed by atoms with Crippen LogP contribution in [0.4, 0.5) is 0 Å². The van der Waals surface area contributed by atoms with Crippen molar-refractivity contribution in [2.45, 2.75) is 18.9 Å². The van der Waals surface area contributed by atoms with E-state index < -0.39 is 7.59 Å². The van der Waals surface area contributed by atoms with E-state index in [2.05, 4.69) is 35.5 Å². The van der Waals surface area contributed by atoms with E-state index in [4.69, 9.17) is 0 Å². The Morgan fingerprint density at radius 1 is 1.29 bits per heavy atom. The molecular formula is C16H26N3OP. The largest absolute Gasteiger partial charge is 0.286 e. The molecular weight excluding hydrogens is 281 g/mol. The van der Waals surface area contributed by atoms with E-state index in [1.165, 1.54) is 11.1 Å². The molecule has 1 aliphatic rings. The molecule has 2 rings (SSSR count). The fourth-order valence-electron chi connectivity index (χ4n) is 3.17. The van der Waals surface area contributed by atoms with Gasteiger partial charge in [-0.3, -0.25) is 4.57 Å². The highest BCUT2D eigenvalue weighted by Gasteiger charge is 2.42. The Labute approximate surface area is 128 Å². The Morgan fingerprint density at radius 2 is 1.90 bits per heavy atom. The van der Waals surface area contributed by atoms with Crippen molar-refractivity contribution in [1.29, 1.82) is 0 Å². The third-order valence-electron chi connectivity index (χ3n) is 4.15. The zero-order chi connectivity index (χ0) is 15.6. The first-order valence-corrected chi connectivity index (χ1v) is 8.91. The molecule has 4 nitrogen and oxygen atoms in total. The molecule has 0 saturated carbocycles. The van der Waals surface area contributed by atoms with Crippen LogP contribution in [0.25, 0.3) is 0 Å². The Bertz CT molecular complexity index is 544. The molecule has 1 aliphatic heterocycles. The van der Waals surface area contributed by atoms with E-state index in [0.717, 1.165) is 19.4 Å². The van der Waals surface area contributed by atoms with Crippen molar-refractivity contribution in [2.75, 3.05) is 34.7 Å². The molecule has 5 heteroatoms. The molecule has 21 heavy (non-hydrogen) atoms. The van der Waals surface area contributed by atoms with Crippen LogP contribution in [0.1, 0.15) is 23.6 Å². The molecule has 0 aromatic heterocycles. The lowest BCUT2D eigenvalue weighted by molar-refractivity contribution is 0.259. The number of nitrogens with zero attached hydrogens (tertiary/aromatic N) is 3. The predicted molar refractivity (Wildman–Crippen MR) is 89.4 cm³/mol. The smallest absolute Gasteiger partial charge is 0.270 e. The molecule has 0 spiro atoms. The van der Waals surface area contributed by atoms with Crippen LogP contribution in [0, 0.1) is 0 Å². The second-order valence-corrected chi connectivity index (χ2v) is 9.00. The summed E-state index contributed by atoms with van der Waals surface area (Å²) in [4.78, 5) is 0. The molecule has 0 radical (unpaired) electrons. The second kappa shape index (κ2) is 6.45. The Kier molecular flexibility index (Phi) is 5.05. The molecule has 0 N–H and O–H groups in total. The summed E-state index contributed by atoms with van der Waals surface area (Å²) in [5, 5.41) is 0. The molecule has 1 aromatic rings. The van der Waals surface area contributed by atoms with Gasteiger partial charge in [0.05, 0.1) is 0 Å². The molecule has 1 heterocycles. The molecule has 1 unspecified atom stereocenters. The summed E-state index contributed by atoms with van der Waals surface area (Å²) >= 11 is 0. The quantitative estimate of drug-likeness (QED) is 0.615. The van der Waals surface area contributed by atoms with Crippen molar-refractivity contribution in [3.05, 3.63) is 48.0 Å². The van der Waals surface area contributed by atoms with E-state index in [0.29, 0.717) is 0 Å². The maximum atomic E-state index is 13.6. The van der Waals surface area contributed by atoms with Gasteiger partial charge >= 0.3 is 0 Å². The van der Waals surface area contributed by atoms with Crippen molar-refractivity contribution in [1.82, 2.24) is 14.0 Å². The van der Waals surface area contributed by atoms with Gasteiger partial charge in [0.15, 0.2) is 0 Å². The van der Waals surface area contributed by atoms with Gasteiger partial charge in [0.1, 0.15) is 0 Å². The summed E-state index contributed by atoms with van der Waals surface area (Å²) in [5.41, 5.74) is 2.65. The van der Waals surface area contributed by atoms with E-state index >= 15 is 0 Å². The lowest BCUT2D eigenvalue weighted by Crippen LogP contribution is -2.40. The number of rotatable bonds is 5. The van der Waals surface area contributed by atoms with Gasteiger partial charge in [-0.15, -0.1) is 6.58 Å². The minimum atomic E-state index is -2.73. The van der Waals surface area contributed by atoms with Gasteiger partial charge in [-0.25, -0.2) is 14.0 Å².